The van der Waals surface area contributed by atoms with E-state index in [1.807, 2.05) is 12.1 Å². The van der Waals surface area contributed by atoms with Gasteiger partial charge in [0.25, 0.3) is 0 Å². The molecule has 0 aliphatic heterocycles. The highest BCUT2D eigenvalue weighted by atomic mass is 16.3. The monoisotopic (exact) mass is 838 g/mol. The van der Waals surface area contributed by atoms with E-state index in [0.29, 0.717) is 0 Å². The maximum absolute atomic E-state index is 6.83. The fraction of sp³-hybridized carbons (Fsp3) is 0. The highest BCUT2D eigenvalue weighted by Crippen LogP contribution is 2.49. The predicted molar refractivity (Wildman–Crippen MR) is 278 cm³/mol. The number of rotatable bonds is 5. The van der Waals surface area contributed by atoms with Crippen LogP contribution in [0.5, 0.6) is 0 Å². The highest BCUT2D eigenvalue weighted by Gasteiger charge is 2.23. The standard InChI is InChI=1S/C64H38O2/c1-3-13-45-35-47(31-25-39(45)11-1)41-21-27-43(28-22-41)60-52-17-5-6-18-53(52)61(44-29-23-42(24-30-44)48-32-26-40-12-2-4-14-46(40)36-48)55-37-49(33-34-54(55)60)62-63-56(50-15-7-9-19-58(50)65-63)38-57-51-16-8-10-20-59(51)66-64(57)62/h1-38H. The van der Waals surface area contributed by atoms with Crippen molar-refractivity contribution in [1.29, 1.82) is 0 Å². The van der Waals surface area contributed by atoms with Gasteiger partial charge in [0.1, 0.15) is 22.3 Å². The summed E-state index contributed by atoms with van der Waals surface area (Å²) in [6, 6.07) is 83.7. The number of benzene rings is 12. The van der Waals surface area contributed by atoms with Gasteiger partial charge in [-0.2, -0.15) is 0 Å². The first-order valence-corrected chi connectivity index (χ1v) is 22.6. The normalized spacial score (nSPS) is 11.9. The summed E-state index contributed by atoms with van der Waals surface area (Å²) >= 11 is 0. The zero-order chi connectivity index (χ0) is 43.3. The van der Waals surface area contributed by atoms with Crippen molar-refractivity contribution in [1.82, 2.24) is 0 Å². The lowest BCUT2D eigenvalue weighted by Gasteiger charge is -2.19. The third-order valence-electron chi connectivity index (χ3n) is 13.8. The lowest BCUT2D eigenvalue weighted by atomic mass is 9.84. The predicted octanol–water partition coefficient (Wildman–Crippen LogP) is 18.4. The first kappa shape index (κ1) is 36.7. The van der Waals surface area contributed by atoms with Gasteiger partial charge in [0, 0.05) is 21.5 Å². The second-order valence-electron chi connectivity index (χ2n) is 17.5. The van der Waals surface area contributed by atoms with Crippen molar-refractivity contribution in [3.05, 3.63) is 231 Å². The zero-order valence-corrected chi connectivity index (χ0v) is 35.8. The van der Waals surface area contributed by atoms with Crippen LogP contribution < -0.4 is 0 Å². The lowest BCUT2D eigenvalue weighted by Crippen LogP contribution is -1.92. The van der Waals surface area contributed by atoms with Crippen molar-refractivity contribution in [3.8, 4) is 55.6 Å². The van der Waals surface area contributed by atoms with E-state index in [9.17, 15) is 0 Å². The van der Waals surface area contributed by atoms with Gasteiger partial charge in [-0.25, -0.2) is 0 Å². The molecule has 12 aromatic carbocycles. The van der Waals surface area contributed by atoms with Gasteiger partial charge in [0.05, 0.1) is 5.56 Å². The Morgan fingerprint density at radius 2 is 0.576 bits per heavy atom. The minimum Gasteiger partial charge on any atom is -0.455 e. The second-order valence-corrected chi connectivity index (χ2v) is 17.5. The van der Waals surface area contributed by atoms with Gasteiger partial charge in [-0.3, -0.25) is 0 Å². The van der Waals surface area contributed by atoms with Gasteiger partial charge in [0.2, 0.25) is 0 Å². The Morgan fingerprint density at radius 3 is 1.09 bits per heavy atom. The quantitative estimate of drug-likeness (QED) is 0.161. The Kier molecular flexibility index (Phi) is 8.02. The molecule has 0 amide bonds. The van der Waals surface area contributed by atoms with Gasteiger partial charge in [-0.1, -0.05) is 194 Å². The molecule has 306 valence electrons. The molecule has 0 atom stereocenters. The van der Waals surface area contributed by atoms with Crippen LogP contribution >= 0.6 is 0 Å². The SMILES string of the molecule is c1ccc2cc(-c3ccc(-c4c5ccccc5c(-c5ccc(-c6ccc7ccccc7c6)cc5)c5cc(-c6c7oc8ccccc8c7cc7c6oc6ccccc67)ccc45)cc3)ccc2c1. The average Bonchev–Trinajstić information content (AvgIpc) is 3.95. The molecule has 2 heterocycles. The van der Waals surface area contributed by atoms with E-state index < -0.39 is 0 Å². The number of hydrogen-bond acceptors (Lipinski definition) is 2. The lowest BCUT2D eigenvalue weighted by molar-refractivity contribution is 0.658. The minimum absolute atomic E-state index is 0.827. The van der Waals surface area contributed by atoms with Crippen LogP contribution in [-0.4, -0.2) is 0 Å². The molecule has 0 saturated carbocycles. The fourth-order valence-electron chi connectivity index (χ4n) is 10.7. The molecule has 14 aromatic rings. The Morgan fingerprint density at radius 1 is 0.197 bits per heavy atom. The zero-order valence-electron chi connectivity index (χ0n) is 35.8. The van der Waals surface area contributed by atoms with Gasteiger partial charge in [-0.15, -0.1) is 0 Å². The third-order valence-corrected chi connectivity index (χ3v) is 13.8. The largest absolute Gasteiger partial charge is 0.455 e. The van der Waals surface area contributed by atoms with Crippen LogP contribution in [0.3, 0.4) is 0 Å². The number of furan rings is 2. The van der Waals surface area contributed by atoms with E-state index in [0.717, 1.165) is 66.0 Å². The van der Waals surface area contributed by atoms with Crippen molar-refractivity contribution in [2.24, 2.45) is 0 Å². The molecular formula is C64H38O2. The molecule has 2 nitrogen and oxygen atoms in total. The van der Waals surface area contributed by atoms with Crippen LogP contribution in [0.25, 0.3) is 143 Å². The molecule has 0 fully saturated rings. The molecule has 0 bridgehead atoms. The summed E-state index contributed by atoms with van der Waals surface area (Å²) < 4.78 is 13.7. The molecule has 0 aliphatic rings. The molecular weight excluding hydrogens is 801 g/mol. The van der Waals surface area contributed by atoms with E-state index >= 15 is 0 Å². The van der Waals surface area contributed by atoms with Crippen molar-refractivity contribution < 1.29 is 8.83 Å². The molecule has 2 aromatic heterocycles. The van der Waals surface area contributed by atoms with Crippen LogP contribution in [-0.2, 0) is 0 Å². The molecule has 0 spiro atoms. The van der Waals surface area contributed by atoms with Crippen molar-refractivity contribution in [3.63, 3.8) is 0 Å². The molecule has 0 radical (unpaired) electrons. The first-order valence-electron chi connectivity index (χ1n) is 22.6. The van der Waals surface area contributed by atoms with E-state index in [1.165, 1.54) is 76.6 Å². The Balaban J connectivity index is 1.02. The van der Waals surface area contributed by atoms with Crippen molar-refractivity contribution in [2.45, 2.75) is 0 Å². The maximum Gasteiger partial charge on any atom is 0.147 e. The van der Waals surface area contributed by atoms with Gasteiger partial charge in [-0.05, 0) is 130 Å². The molecule has 2 heteroatoms. The Bertz CT molecular complexity index is 4170. The van der Waals surface area contributed by atoms with E-state index in [-0.39, 0.29) is 0 Å². The van der Waals surface area contributed by atoms with Crippen LogP contribution in [0.1, 0.15) is 0 Å². The minimum atomic E-state index is 0.827. The van der Waals surface area contributed by atoms with Crippen molar-refractivity contribution >= 4 is 87.0 Å². The number of fused-ring (bicyclic) bond motifs is 10. The molecule has 0 N–H and O–H groups in total. The van der Waals surface area contributed by atoms with Crippen LogP contribution in [0, 0.1) is 0 Å². The average molecular weight is 839 g/mol. The number of hydrogen-bond donors (Lipinski definition) is 0. The van der Waals surface area contributed by atoms with Crippen LogP contribution in [0.15, 0.2) is 239 Å². The van der Waals surface area contributed by atoms with Gasteiger partial charge >= 0.3 is 0 Å². The van der Waals surface area contributed by atoms with Gasteiger partial charge in [0.15, 0.2) is 0 Å². The summed E-state index contributed by atoms with van der Waals surface area (Å²) in [7, 11) is 0. The molecule has 66 heavy (non-hydrogen) atoms. The summed E-state index contributed by atoms with van der Waals surface area (Å²) in [6.07, 6.45) is 0. The third kappa shape index (κ3) is 5.68. The summed E-state index contributed by atoms with van der Waals surface area (Å²) in [5.74, 6) is 0. The first-order chi connectivity index (χ1) is 32.7. The van der Waals surface area contributed by atoms with Crippen molar-refractivity contribution in [2.75, 3.05) is 0 Å². The fourth-order valence-corrected chi connectivity index (χ4v) is 10.7. The van der Waals surface area contributed by atoms with E-state index in [4.69, 9.17) is 8.83 Å². The number of para-hydroxylation sites is 2. The Hall–Kier alpha value is -8.72. The summed E-state index contributed by atoms with van der Waals surface area (Å²) in [5, 5.41) is 14.1. The summed E-state index contributed by atoms with van der Waals surface area (Å²) in [6.45, 7) is 0. The van der Waals surface area contributed by atoms with Crippen LogP contribution in [0.2, 0.25) is 0 Å². The molecule has 0 aliphatic carbocycles. The second kappa shape index (κ2) is 14.4. The molecule has 14 rings (SSSR count). The van der Waals surface area contributed by atoms with E-state index in [2.05, 4.69) is 218 Å². The summed E-state index contributed by atoms with van der Waals surface area (Å²) in [4.78, 5) is 0. The molecule has 0 saturated heterocycles. The molecule has 0 unspecified atom stereocenters. The maximum atomic E-state index is 6.83. The smallest absolute Gasteiger partial charge is 0.147 e. The topological polar surface area (TPSA) is 26.3 Å². The van der Waals surface area contributed by atoms with Gasteiger partial charge < -0.3 is 8.83 Å². The Labute approximate surface area is 380 Å². The van der Waals surface area contributed by atoms with Crippen LogP contribution in [0.4, 0.5) is 0 Å². The summed E-state index contributed by atoms with van der Waals surface area (Å²) in [5.41, 5.74) is 14.9. The highest BCUT2D eigenvalue weighted by molar-refractivity contribution is 6.25. The van der Waals surface area contributed by atoms with E-state index in [1.54, 1.807) is 0 Å².